The van der Waals surface area contributed by atoms with E-state index in [1.54, 1.807) is 0 Å². The number of hydrogen-bond donors (Lipinski definition) is 1. The molecule has 0 radical (unpaired) electrons. The van der Waals surface area contributed by atoms with Crippen LogP contribution in [0.2, 0.25) is 0 Å². The van der Waals surface area contributed by atoms with Crippen LogP contribution in [0.5, 0.6) is 0 Å². The molecule has 1 rings (SSSR count). The zero-order valence-corrected chi connectivity index (χ0v) is 16.6. The molecule has 0 spiro atoms. The van der Waals surface area contributed by atoms with Crippen molar-refractivity contribution in [2.24, 2.45) is 11.3 Å². The minimum Gasteiger partial charge on any atom is -0.315 e. The highest BCUT2D eigenvalue weighted by atomic mass is 15.2. The molecule has 0 aromatic rings. The third-order valence-corrected chi connectivity index (χ3v) is 5.40. The Bertz CT molecular complexity index is 275. The fourth-order valence-electron chi connectivity index (χ4n) is 3.94. The Labute approximate surface area is 146 Å². The number of hydrogen-bond acceptors (Lipinski definition) is 2. The van der Waals surface area contributed by atoms with Crippen molar-refractivity contribution >= 4 is 0 Å². The second kappa shape index (κ2) is 12.3. The normalized spacial score (nSPS) is 20.3. The number of nitrogens with one attached hydrogen (secondary N) is 1. The van der Waals surface area contributed by atoms with E-state index in [9.17, 15) is 0 Å². The largest absolute Gasteiger partial charge is 0.315 e. The first-order valence-corrected chi connectivity index (χ1v) is 10.5. The molecule has 1 saturated heterocycles. The van der Waals surface area contributed by atoms with Crippen LogP contribution >= 0.6 is 0 Å². The van der Waals surface area contributed by atoms with Gasteiger partial charge in [-0.1, -0.05) is 85.5 Å². The fourth-order valence-corrected chi connectivity index (χ4v) is 3.94. The van der Waals surface area contributed by atoms with Crippen LogP contribution in [-0.4, -0.2) is 37.6 Å². The molecule has 0 aromatic carbocycles. The van der Waals surface area contributed by atoms with Crippen LogP contribution in [0.4, 0.5) is 0 Å². The van der Waals surface area contributed by atoms with Crippen molar-refractivity contribution in [1.29, 1.82) is 0 Å². The molecule has 23 heavy (non-hydrogen) atoms. The Kier molecular flexibility index (Phi) is 11.2. The van der Waals surface area contributed by atoms with Gasteiger partial charge in [0, 0.05) is 26.2 Å². The lowest BCUT2D eigenvalue weighted by Gasteiger charge is -2.30. The molecule has 1 N–H and O–H groups in total. The summed E-state index contributed by atoms with van der Waals surface area (Å²) < 4.78 is 0. The molecule has 0 amide bonds. The van der Waals surface area contributed by atoms with Gasteiger partial charge in [-0.3, -0.25) is 0 Å². The molecule has 1 atom stereocenters. The zero-order valence-electron chi connectivity index (χ0n) is 16.6. The highest BCUT2D eigenvalue weighted by Crippen LogP contribution is 2.23. The molecule has 2 heteroatoms. The summed E-state index contributed by atoms with van der Waals surface area (Å²) in [6, 6.07) is 0. The molecular formula is C21H44N2. The smallest absolute Gasteiger partial charge is 0.0107 e. The molecule has 1 heterocycles. The molecule has 0 saturated carbocycles. The molecule has 0 aromatic heterocycles. The predicted molar refractivity (Wildman–Crippen MR) is 104 cm³/mol. The fraction of sp³-hybridized carbons (Fsp3) is 1.00. The highest BCUT2D eigenvalue weighted by Gasteiger charge is 2.24. The van der Waals surface area contributed by atoms with Crippen molar-refractivity contribution in [3.05, 3.63) is 0 Å². The Morgan fingerprint density at radius 3 is 2.26 bits per heavy atom. The average Bonchev–Trinajstić information content (AvgIpc) is 2.69. The van der Waals surface area contributed by atoms with E-state index >= 15 is 0 Å². The van der Waals surface area contributed by atoms with Crippen LogP contribution < -0.4 is 5.32 Å². The van der Waals surface area contributed by atoms with E-state index < -0.39 is 0 Å². The quantitative estimate of drug-likeness (QED) is 0.479. The van der Waals surface area contributed by atoms with E-state index in [1.165, 1.54) is 96.9 Å². The molecule has 1 aliphatic rings. The van der Waals surface area contributed by atoms with Crippen LogP contribution in [0.15, 0.2) is 0 Å². The summed E-state index contributed by atoms with van der Waals surface area (Å²) in [4.78, 5) is 2.72. The van der Waals surface area contributed by atoms with Crippen LogP contribution in [-0.2, 0) is 0 Å². The second-order valence-corrected chi connectivity index (χ2v) is 8.62. The lowest BCUT2D eigenvalue weighted by Crippen LogP contribution is -2.36. The van der Waals surface area contributed by atoms with Crippen molar-refractivity contribution in [3.63, 3.8) is 0 Å². The van der Waals surface area contributed by atoms with Gasteiger partial charge in [-0.15, -0.1) is 0 Å². The van der Waals surface area contributed by atoms with Crippen molar-refractivity contribution in [1.82, 2.24) is 10.2 Å². The van der Waals surface area contributed by atoms with Gasteiger partial charge in [-0.05, 0) is 24.3 Å². The van der Waals surface area contributed by atoms with Crippen LogP contribution in [0.1, 0.15) is 91.9 Å². The lowest BCUT2D eigenvalue weighted by molar-refractivity contribution is 0.190. The molecule has 1 fully saturated rings. The molecule has 138 valence electrons. The highest BCUT2D eigenvalue weighted by molar-refractivity contribution is 4.80. The average molecular weight is 325 g/mol. The Morgan fingerprint density at radius 2 is 1.57 bits per heavy atom. The van der Waals surface area contributed by atoms with Gasteiger partial charge < -0.3 is 10.2 Å². The van der Waals surface area contributed by atoms with E-state index in [0.717, 1.165) is 5.92 Å². The molecular weight excluding hydrogens is 280 g/mol. The Morgan fingerprint density at radius 1 is 0.913 bits per heavy atom. The Balaban J connectivity index is 2.34. The van der Waals surface area contributed by atoms with E-state index in [-0.39, 0.29) is 0 Å². The topological polar surface area (TPSA) is 15.3 Å². The van der Waals surface area contributed by atoms with Gasteiger partial charge in [0.25, 0.3) is 0 Å². The SMILES string of the molecule is CCCCCCC(CCCCC)CCN1CCNCC(C)(C)C1. The number of unbranched alkanes of at least 4 members (excludes halogenated alkanes) is 5. The van der Waals surface area contributed by atoms with E-state index in [1.807, 2.05) is 0 Å². The summed E-state index contributed by atoms with van der Waals surface area (Å²) in [5.41, 5.74) is 0.426. The van der Waals surface area contributed by atoms with Crippen molar-refractivity contribution in [2.75, 3.05) is 32.7 Å². The molecule has 1 unspecified atom stereocenters. The maximum atomic E-state index is 3.60. The predicted octanol–water partition coefficient (Wildman–Crippen LogP) is 5.47. The van der Waals surface area contributed by atoms with Crippen LogP contribution in [0, 0.1) is 11.3 Å². The van der Waals surface area contributed by atoms with Gasteiger partial charge in [-0.25, -0.2) is 0 Å². The van der Waals surface area contributed by atoms with Gasteiger partial charge in [-0.2, -0.15) is 0 Å². The van der Waals surface area contributed by atoms with Crippen LogP contribution in [0.3, 0.4) is 0 Å². The van der Waals surface area contributed by atoms with E-state index in [2.05, 4.69) is 37.9 Å². The summed E-state index contributed by atoms with van der Waals surface area (Å²) in [7, 11) is 0. The van der Waals surface area contributed by atoms with Gasteiger partial charge >= 0.3 is 0 Å². The van der Waals surface area contributed by atoms with Crippen molar-refractivity contribution in [2.45, 2.75) is 91.9 Å². The number of nitrogens with zero attached hydrogens (tertiary/aromatic N) is 1. The standard InChI is InChI=1S/C21H44N2/c1-5-7-9-11-13-20(12-10-8-6-2)14-16-23-17-15-22-18-21(3,4)19-23/h20,22H,5-19H2,1-4H3. The zero-order chi connectivity index (χ0) is 17.0. The summed E-state index contributed by atoms with van der Waals surface area (Å²) in [5, 5.41) is 3.60. The minimum absolute atomic E-state index is 0.426. The summed E-state index contributed by atoms with van der Waals surface area (Å²) in [6.07, 6.45) is 14.3. The van der Waals surface area contributed by atoms with E-state index in [4.69, 9.17) is 0 Å². The molecule has 1 aliphatic heterocycles. The maximum absolute atomic E-state index is 3.60. The van der Waals surface area contributed by atoms with Crippen molar-refractivity contribution < 1.29 is 0 Å². The Hall–Kier alpha value is -0.0800. The summed E-state index contributed by atoms with van der Waals surface area (Å²) >= 11 is 0. The third kappa shape index (κ3) is 10.4. The minimum atomic E-state index is 0.426. The summed E-state index contributed by atoms with van der Waals surface area (Å²) in [5.74, 6) is 0.970. The molecule has 0 bridgehead atoms. The van der Waals surface area contributed by atoms with E-state index in [0.29, 0.717) is 5.41 Å². The van der Waals surface area contributed by atoms with Gasteiger partial charge in [0.15, 0.2) is 0 Å². The first kappa shape index (κ1) is 21.0. The van der Waals surface area contributed by atoms with Crippen LogP contribution in [0.25, 0.3) is 0 Å². The van der Waals surface area contributed by atoms with Gasteiger partial charge in [0.05, 0.1) is 0 Å². The monoisotopic (exact) mass is 324 g/mol. The first-order valence-electron chi connectivity index (χ1n) is 10.5. The first-order chi connectivity index (χ1) is 11.1. The summed E-state index contributed by atoms with van der Waals surface area (Å²) in [6.45, 7) is 15.6. The van der Waals surface area contributed by atoms with Crippen molar-refractivity contribution in [3.8, 4) is 0 Å². The lowest BCUT2D eigenvalue weighted by atomic mass is 9.90. The third-order valence-electron chi connectivity index (χ3n) is 5.40. The van der Waals surface area contributed by atoms with Gasteiger partial charge in [0.1, 0.15) is 0 Å². The van der Waals surface area contributed by atoms with Gasteiger partial charge in [0.2, 0.25) is 0 Å². The maximum Gasteiger partial charge on any atom is 0.0107 e. The molecule has 2 nitrogen and oxygen atoms in total. The number of rotatable bonds is 12. The molecule has 0 aliphatic carbocycles. The second-order valence-electron chi connectivity index (χ2n) is 8.62.